The summed E-state index contributed by atoms with van der Waals surface area (Å²) in [5.74, 6) is -1.35. The molecule has 2 saturated heterocycles. The van der Waals surface area contributed by atoms with Crippen LogP contribution in [-0.2, 0) is 27.9 Å². The van der Waals surface area contributed by atoms with Crippen LogP contribution in [-0.4, -0.2) is 174 Å². The summed E-state index contributed by atoms with van der Waals surface area (Å²) >= 11 is 1.64. The average Bonchev–Trinajstić information content (AvgIpc) is 4.13. The maximum atomic E-state index is 14.8. The standard InChI is InChI=1S/C50H67F2N9O9S/c1-32(53-2)47(62)55-44(33-8-6-5-7-9-33)49(64)60-17-19-61(20-18-60)50(65)45-43(36-29-37(51)38(52)30-40(36)58(45)4)48(63)57(3)21-22-66-23-24-67-25-26-68-42-28-35(70-56-42)31-59-15-11-34(12-16-59)69-41-10-14-54-39-13-27-71-46(39)41/h10,13-14,27-30,32-34,44,47,53,55,62H,5-9,11-12,15-26,31H2,1-4H3/t32-,44-,47?/m0/s1. The van der Waals surface area contributed by atoms with Gasteiger partial charge in [-0.3, -0.25) is 29.6 Å². The quantitative estimate of drug-likeness (QED) is 0.0619. The van der Waals surface area contributed by atoms with Crippen LogP contribution in [0.2, 0.25) is 0 Å². The van der Waals surface area contributed by atoms with E-state index in [0.29, 0.717) is 18.2 Å². The lowest BCUT2D eigenvalue weighted by Crippen LogP contribution is -2.60. The highest BCUT2D eigenvalue weighted by Crippen LogP contribution is 2.33. The molecule has 8 rings (SSSR count). The van der Waals surface area contributed by atoms with Crippen LogP contribution in [0.4, 0.5) is 8.78 Å². The number of halogens is 2. The zero-order chi connectivity index (χ0) is 50.0. The first-order chi connectivity index (χ1) is 34.4. The zero-order valence-electron chi connectivity index (χ0n) is 41.1. The van der Waals surface area contributed by atoms with E-state index in [-0.39, 0.29) is 112 Å². The van der Waals surface area contributed by atoms with E-state index in [1.807, 2.05) is 24.4 Å². The van der Waals surface area contributed by atoms with E-state index >= 15 is 0 Å². The largest absolute Gasteiger partial charge is 0.489 e. The molecule has 21 heteroatoms. The molecule has 3 atom stereocenters. The number of nitrogens with one attached hydrogen (secondary N) is 2. The van der Waals surface area contributed by atoms with Crippen LogP contribution in [0.3, 0.4) is 0 Å². The maximum absolute atomic E-state index is 14.8. The van der Waals surface area contributed by atoms with Gasteiger partial charge in [-0.15, -0.1) is 11.3 Å². The van der Waals surface area contributed by atoms with E-state index in [4.69, 9.17) is 23.5 Å². The van der Waals surface area contributed by atoms with Crippen molar-refractivity contribution in [3.8, 4) is 11.6 Å². The summed E-state index contributed by atoms with van der Waals surface area (Å²) in [5.41, 5.74) is 1.10. The van der Waals surface area contributed by atoms with Gasteiger partial charge in [0.05, 0.1) is 60.3 Å². The molecular formula is C50H67F2N9O9S. The molecule has 18 nitrogen and oxygen atoms in total. The van der Waals surface area contributed by atoms with Crippen molar-refractivity contribution >= 4 is 50.2 Å². The minimum absolute atomic E-state index is 0.00503. The number of aryl methyl sites for hydroxylation is 1. The second-order valence-electron chi connectivity index (χ2n) is 18.7. The van der Waals surface area contributed by atoms with Gasteiger partial charge in [-0.1, -0.05) is 19.3 Å². The van der Waals surface area contributed by atoms with E-state index < -0.39 is 35.7 Å². The van der Waals surface area contributed by atoms with Gasteiger partial charge in [0.15, 0.2) is 17.4 Å². The van der Waals surface area contributed by atoms with Crippen molar-refractivity contribution in [1.82, 2.24) is 44.9 Å². The van der Waals surface area contributed by atoms with Crippen molar-refractivity contribution in [3.63, 3.8) is 0 Å². The Balaban J connectivity index is 0.765. The van der Waals surface area contributed by atoms with Crippen molar-refractivity contribution < 1.29 is 51.7 Å². The van der Waals surface area contributed by atoms with Gasteiger partial charge in [0, 0.05) is 89.7 Å². The Labute approximate surface area is 416 Å². The molecule has 1 aromatic carbocycles. The number of ether oxygens (including phenoxy) is 4. The molecule has 1 unspecified atom stereocenters. The molecule has 0 spiro atoms. The number of hydrogen-bond acceptors (Lipinski definition) is 15. The van der Waals surface area contributed by atoms with Gasteiger partial charge in [-0.05, 0) is 74.3 Å². The molecule has 0 radical (unpaired) electrons. The Morgan fingerprint density at radius 2 is 1.63 bits per heavy atom. The Bertz CT molecular complexity index is 2570. The Kier molecular flexibility index (Phi) is 17.9. The summed E-state index contributed by atoms with van der Waals surface area (Å²) in [4.78, 5) is 54.0. The van der Waals surface area contributed by atoms with Gasteiger partial charge < -0.3 is 53.2 Å². The van der Waals surface area contributed by atoms with E-state index in [1.54, 1.807) is 54.5 Å². The Hall–Kier alpha value is -5.29. The van der Waals surface area contributed by atoms with Gasteiger partial charge in [0.2, 0.25) is 5.91 Å². The molecule has 5 aromatic rings. The van der Waals surface area contributed by atoms with Crippen LogP contribution in [0.1, 0.15) is 78.5 Å². The number of likely N-dealkylation sites (N-methyl/N-ethyl adjacent to an activating group) is 2. The number of hydrogen-bond donors (Lipinski definition) is 3. The van der Waals surface area contributed by atoms with Gasteiger partial charge in [0.1, 0.15) is 30.4 Å². The number of carbonyl (C=O) groups excluding carboxylic acids is 3. The Morgan fingerprint density at radius 3 is 2.38 bits per heavy atom. The van der Waals surface area contributed by atoms with Gasteiger partial charge in [-0.2, -0.15) is 0 Å². The van der Waals surface area contributed by atoms with E-state index in [0.717, 1.165) is 86.1 Å². The number of rotatable bonds is 22. The van der Waals surface area contributed by atoms with Crippen molar-refractivity contribution in [2.75, 3.05) is 92.9 Å². The number of carbonyl (C=O) groups is 3. The third kappa shape index (κ3) is 12.7. The smallest absolute Gasteiger partial charge is 0.271 e. The molecular weight excluding hydrogens is 941 g/mol. The van der Waals surface area contributed by atoms with Crippen LogP contribution < -0.4 is 20.1 Å². The first-order valence-corrected chi connectivity index (χ1v) is 25.7. The highest BCUT2D eigenvalue weighted by Gasteiger charge is 2.38. The fraction of sp³-hybridized carbons (Fsp3) is 0.580. The number of amides is 3. The van der Waals surface area contributed by atoms with E-state index in [2.05, 4.69) is 25.7 Å². The number of aliphatic hydroxyl groups excluding tert-OH is 1. The molecule has 386 valence electrons. The zero-order valence-corrected chi connectivity index (χ0v) is 41.9. The summed E-state index contributed by atoms with van der Waals surface area (Å²) in [6.07, 6.45) is 7.72. The van der Waals surface area contributed by atoms with Gasteiger partial charge in [0.25, 0.3) is 17.7 Å². The third-order valence-corrected chi connectivity index (χ3v) is 14.9. The molecule has 1 saturated carbocycles. The van der Waals surface area contributed by atoms with Crippen LogP contribution in [0.5, 0.6) is 11.6 Å². The number of piperidine rings is 1. The molecule has 3 fully saturated rings. The number of thiophene rings is 1. The number of fused-ring (bicyclic) bond motifs is 2. The number of aliphatic hydroxyl groups is 1. The number of pyridine rings is 1. The summed E-state index contributed by atoms with van der Waals surface area (Å²) < 4.78 is 61.0. The summed E-state index contributed by atoms with van der Waals surface area (Å²) in [7, 11) is 4.86. The van der Waals surface area contributed by atoms with Crippen LogP contribution in [0, 0.1) is 17.6 Å². The van der Waals surface area contributed by atoms with Crippen LogP contribution in [0.15, 0.2) is 46.4 Å². The second kappa shape index (κ2) is 24.4. The number of piperazine rings is 1. The van der Waals surface area contributed by atoms with Crippen molar-refractivity contribution in [3.05, 3.63) is 70.6 Å². The average molecular weight is 1010 g/mol. The summed E-state index contributed by atoms with van der Waals surface area (Å²) in [6.45, 7) is 6.37. The first-order valence-electron chi connectivity index (χ1n) is 24.8. The van der Waals surface area contributed by atoms with Crippen molar-refractivity contribution in [2.24, 2.45) is 13.0 Å². The highest BCUT2D eigenvalue weighted by molar-refractivity contribution is 7.17. The lowest BCUT2D eigenvalue weighted by molar-refractivity contribution is -0.138. The number of nitrogens with zero attached hydrogens (tertiary/aromatic N) is 7. The van der Waals surface area contributed by atoms with E-state index in [1.165, 1.54) is 9.47 Å². The summed E-state index contributed by atoms with van der Waals surface area (Å²) in [5, 5.41) is 23.3. The van der Waals surface area contributed by atoms with Crippen LogP contribution >= 0.6 is 11.3 Å². The van der Waals surface area contributed by atoms with Gasteiger partial charge >= 0.3 is 0 Å². The maximum Gasteiger partial charge on any atom is 0.271 e. The molecule has 3 N–H and O–H groups in total. The molecule has 1 aliphatic carbocycles. The molecule has 6 heterocycles. The number of aromatic nitrogens is 3. The fourth-order valence-electron chi connectivity index (χ4n) is 9.72. The molecule has 3 aliphatic rings. The predicted molar refractivity (Wildman–Crippen MR) is 262 cm³/mol. The monoisotopic (exact) mass is 1010 g/mol. The molecule has 71 heavy (non-hydrogen) atoms. The molecule has 0 bridgehead atoms. The van der Waals surface area contributed by atoms with Crippen molar-refractivity contribution in [1.29, 1.82) is 0 Å². The topological polar surface area (TPSA) is 189 Å². The molecule has 2 aliphatic heterocycles. The SMILES string of the molecule is CN[C@@H](C)C(O)N[C@H](C(=O)N1CCN(C(=O)c2c(C(=O)N(C)CCOCCOCCOc3cc(CN4CCC(Oc5ccnc6ccsc56)CC4)on3)c3cc(F)c(F)cc3n2C)CC1)C1CCCCC1. The minimum Gasteiger partial charge on any atom is -0.489 e. The second-order valence-corrected chi connectivity index (χ2v) is 19.6. The fourth-order valence-corrected chi connectivity index (χ4v) is 10.5. The molecule has 4 aromatic heterocycles. The lowest BCUT2D eigenvalue weighted by Gasteiger charge is -2.40. The minimum atomic E-state index is -1.14. The number of benzene rings is 1. The summed E-state index contributed by atoms with van der Waals surface area (Å²) in [6, 6.07) is 6.81. The Morgan fingerprint density at radius 1 is 0.930 bits per heavy atom. The highest BCUT2D eigenvalue weighted by atomic mass is 32.1. The lowest BCUT2D eigenvalue weighted by atomic mass is 9.83. The molecule has 3 amide bonds. The normalized spacial score (nSPS) is 17.7. The van der Waals surface area contributed by atoms with Crippen molar-refractivity contribution in [2.45, 2.75) is 82.8 Å². The van der Waals surface area contributed by atoms with E-state index in [9.17, 15) is 28.3 Å². The predicted octanol–water partition coefficient (Wildman–Crippen LogP) is 5.03. The van der Waals surface area contributed by atoms with Gasteiger partial charge in [-0.25, -0.2) is 8.78 Å². The van der Waals surface area contributed by atoms with Crippen LogP contribution in [0.25, 0.3) is 21.1 Å². The number of likely N-dealkylation sites (tertiary alicyclic amines) is 1. The third-order valence-electron chi connectivity index (χ3n) is 14.0. The first kappa shape index (κ1) is 52.0.